The van der Waals surface area contributed by atoms with Crippen LogP contribution in [-0.2, 0) is 24.6 Å². The number of hydrogen-bond acceptors (Lipinski definition) is 8. The minimum Gasteiger partial charge on any atom is -0.550 e. The first kappa shape index (κ1) is 32.3. The molecular weight excluding hydrogens is 576 g/mol. The molecule has 4 aromatic carbocycles. The number of anilines is 2. The highest BCUT2D eigenvalue weighted by Gasteiger charge is 2.23. The Hall–Kier alpha value is -5.64. The lowest BCUT2D eigenvalue weighted by Gasteiger charge is -2.26. The van der Waals surface area contributed by atoms with Gasteiger partial charge in [0.1, 0.15) is 23.0 Å². The summed E-state index contributed by atoms with van der Waals surface area (Å²) in [4.78, 5) is 44.6. The van der Waals surface area contributed by atoms with Crippen LogP contribution in [0.2, 0.25) is 0 Å². The standard InChI is InChI=1S/C35H34N2O8/c1-35(2,23-3-11-27(12-4-23)44-29-15-7-25(8-16-29)36-31(38)19-21-33(40)41)24-5-13-28(14-6-24)45-30-17-9-26(10-18-30)37-32(39)20-22-34(42)43/h3-18H,19-22H2,1-2H3,(H,36,38)(H,37,39)(H,40,41)(H,42,43)/p-2. The minimum absolute atomic E-state index is 0.155. The van der Waals surface area contributed by atoms with Gasteiger partial charge in [0.2, 0.25) is 11.8 Å². The second-order valence-corrected chi connectivity index (χ2v) is 10.8. The molecule has 0 saturated carbocycles. The maximum atomic E-state index is 11.8. The molecular formula is C35H32N2O8-2. The van der Waals surface area contributed by atoms with Gasteiger partial charge in [-0.3, -0.25) is 9.59 Å². The summed E-state index contributed by atoms with van der Waals surface area (Å²) in [7, 11) is 0. The molecule has 0 saturated heterocycles. The summed E-state index contributed by atoms with van der Waals surface area (Å²) < 4.78 is 11.9. The molecule has 10 nitrogen and oxygen atoms in total. The molecule has 45 heavy (non-hydrogen) atoms. The van der Waals surface area contributed by atoms with Gasteiger partial charge in [-0.2, -0.15) is 0 Å². The van der Waals surface area contributed by atoms with E-state index in [0.717, 1.165) is 11.1 Å². The monoisotopic (exact) mass is 608 g/mol. The molecule has 0 aliphatic carbocycles. The van der Waals surface area contributed by atoms with Crippen molar-refractivity contribution in [2.45, 2.75) is 44.9 Å². The number of carboxylic acids is 2. The van der Waals surface area contributed by atoms with Gasteiger partial charge < -0.3 is 39.9 Å². The molecule has 0 radical (unpaired) electrons. The zero-order valence-corrected chi connectivity index (χ0v) is 24.8. The van der Waals surface area contributed by atoms with Crippen LogP contribution in [0.3, 0.4) is 0 Å². The fourth-order valence-corrected chi connectivity index (χ4v) is 4.41. The molecule has 2 N–H and O–H groups in total. The zero-order valence-electron chi connectivity index (χ0n) is 24.8. The second-order valence-electron chi connectivity index (χ2n) is 10.8. The van der Waals surface area contributed by atoms with Crippen molar-refractivity contribution in [1.82, 2.24) is 0 Å². The van der Waals surface area contributed by atoms with Crippen LogP contribution in [0, 0.1) is 0 Å². The first-order chi connectivity index (χ1) is 21.5. The van der Waals surface area contributed by atoms with E-state index >= 15 is 0 Å². The largest absolute Gasteiger partial charge is 0.550 e. The predicted molar refractivity (Wildman–Crippen MR) is 164 cm³/mol. The number of nitrogens with one attached hydrogen (secondary N) is 2. The van der Waals surface area contributed by atoms with E-state index < -0.39 is 23.8 Å². The summed E-state index contributed by atoms with van der Waals surface area (Å²) in [6, 6.07) is 29.1. The molecule has 4 aromatic rings. The summed E-state index contributed by atoms with van der Waals surface area (Å²) in [6.45, 7) is 4.25. The van der Waals surface area contributed by atoms with E-state index in [4.69, 9.17) is 9.47 Å². The quantitative estimate of drug-likeness (QED) is 0.211. The third kappa shape index (κ3) is 9.69. The third-order valence-corrected chi connectivity index (χ3v) is 7.01. The van der Waals surface area contributed by atoms with Crippen LogP contribution in [0.1, 0.15) is 50.7 Å². The molecule has 0 heterocycles. The average Bonchev–Trinajstić information content (AvgIpc) is 3.01. The van der Waals surface area contributed by atoms with Gasteiger partial charge in [-0.1, -0.05) is 38.1 Å². The van der Waals surface area contributed by atoms with Gasteiger partial charge in [-0.25, -0.2) is 0 Å². The van der Waals surface area contributed by atoms with Crippen molar-refractivity contribution in [2.24, 2.45) is 0 Å². The molecule has 0 aromatic heterocycles. The van der Waals surface area contributed by atoms with Crippen LogP contribution >= 0.6 is 0 Å². The number of ether oxygens (including phenoxy) is 2. The highest BCUT2D eigenvalue weighted by Crippen LogP contribution is 2.35. The molecule has 4 rings (SSSR count). The van der Waals surface area contributed by atoms with E-state index in [1.807, 2.05) is 48.5 Å². The van der Waals surface area contributed by atoms with Crippen LogP contribution in [0.15, 0.2) is 97.1 Å². The Balaban J connectivity index is 1.31. The minimum atomic E-state index is -1.27. The molecule has 0 atom stereocenters. The van der Waals surface area contributed by atoms with Crippen LogP contribution in [0.5, 0.6) is 23.0 Å². The predicted octanol–water partition coefficient (Wildman–Crippen LogP) is 4.53. The van der Waals surface area contributed by atoms with Gasteiger partial charge in [0.15, 0.2) is 0 Å². The number of rotatable bonds is 14. The van der Waals surface area contributed by atoms with Gasteiger partial charge in [0, 0.05) is 41.6 Å². The summed E-state index contributed by atoms with van der Waals surface area (Å²) in [5, 5.41) is 26.3. The van der Waals surface area contributed by atoms with E-state index in [2.05, 4.69) is 24.5 Å². The van der Waals surface area contributed by atoms with Crippen molar-refractivity contribution < 1.29 is 38.9 Å². The molecule has 0 fully saturated rings. The molecule has 0 unspecified atom stereocenters. The maximum Gasteiger partial charge on any atom is 0.224 e. The zero-order chi connectivity index (χ0) is 32.4. The Morgan fingerprint density at radius 2 is 0.800 bits per heavy atom. The number of carbonyl (C=O) groups excluding carboxylic acids is 4. The van der Waals surface area contributed by atoms with Crippen LogP contribution < -0.4 is 30.3 Å². The molecule has 0 aliphatic heterocycles. The van der Waals surface area contributed by atoms with Crippen molar-refractivity contribution >= 4 is 35.1 Å². The Bertz CT molecular complexity index is 1510. The Kier molecular flexibility index (Phi) is 10.5. The Morgan fingerprint density at radius 3 is 1.09 bits per heavy atom. The first-order valence-electron chi connectivity index (χ1n) is 14.2. The highest BCUT2D eigenvalue weighted by atomic mass is 16.5. The SMILES string of the molecule is CC(C)(c1ccc(Oc2ccc(NC(=O)CCC(=O)[O-])cc2)cc1)c1ccc(Oc2ccc(NC(=O)CCC(=O)[O-])cc2)cc1. The van der Waals surface area contributed by atoms with Gasteiger partial charge in [-0.05, 0) is 96.8 Å². The van der Waals surface area contributed by atoms with Crippen LogP contribution in [0.4, 0.5) is 11.4 Å². The summed E-state index contributed by atoms with van der Waals surface area (Å²) in [5.41, 5.74) is 2.91. The summed E-state index contributed by atoms with van der Waals surface area (Å²) in [6.07, 6.45) is -0.978. The number of hydrogen-bond donors (Lipinski definition) is 2. The number of amides is 2. The number of carbonyl (C=O) groups is 4. The Morgan fingerprint density at radius 1 is 0.511 bits per heavy atom. The Labute approximate surface area is 260 Å². The van der Waals surface area contributed by atoms with Crippen molar-refractivity contribution in [2.75, 3.05) is 10.6 Å². The van der Waals surface area contributed by atoms with Crippen molar-refractivity contribution in [1.29, 1.82) is 0 Å². The normalized spacial score (nSPS) is 10.9. The fraction of sp³-hybridized carbons (Fsp3) is 0.200. The summed E-state index contributed by atoms with van der Waals surface area (Å²) in [5.74, 6) is -0.894. The third-order valence-electron chi connectivity index (χ3n) is 7.01. The molecule has 0 bridgehead atoms. The van der Waals surface area contributed by atoms with E-state index in [0.29, 0.717) is 34.4 Å². The summed E-state index contributed by atoms with van der Waals surface area (Å²) >= 11 is 0. The van der Waals surface area contributed by atoms with Crippen LogP contribution in [-0.4, -0.2) is 23.8 Å². The fourth-order valence-electron chi connectivity index (χ4n) is 4.41. The van der Waals surface area contributed by atoms with Gasteiger partial charge in [0.25, 0.3) is 0 Å². The van der Waals surface area contributed by atoms with Gasteiger partial charge >= 0.3 is 0 Å². The van der Waals surface area contributed by atoms with Crippen molar-refractivity contribution in [3.63, 3.8) is 0 Å². The lowest BCUT2D eigenvalue weighted by atomic mass is 9.78. The number of carboxylic acid groups (broad SMARTS) is 2. The average molecular weight is 609 g/mol. The molecule has 232 valence electrons. The van der Waals surface area contributed by atoms with E-state index in [9.17, 15) is 29.4 Å². The maximum absolute atomic E-state index is 11.8. The van der Waals surface area contributed by atoms with E-state index in [1.54, 1.807) is 48.5 Å². The molecule has 0 spiro atoms. The number of benzene rings is 4. The topological polar surface area (TPSA) is 157 Å². The molecule has 0 aliphatic rings. The second kappa shape index (κ2) is 14.7. The number of aliphatic carboxylic acids is 2. The van der Waals surface area contributed by atoms with E-state index in [1.165, 1.54) is 0 Å². The van der Waals surface area contributed by atoms with Gasteiger partial charge in [-0.15, -0.1) is 0 Å². The molecule has 2 amide bonds. The van der Waals surface area contributed by atoms with Gasteiger partial charge in [0.05, 0.1) is 0 Å². The van der Waals surface area contributed by atoms with Crippen molar-refractivity contribution in [3.05, 3.63) is 108 Å². The van der Waals surface area contributed by atoms with Crippen molar-refractivity contribution in [3.8, 4) is 23.0 Å². The first-order valence-corrected chi connectivity index (χ1v) is 14.2. The highest BCUT2D eigenvalue weighted by molar-refractivity contribution is 5.93. The lowest BCUT2D eigenvalue weighted by molar-refractivity contribution is -0.307. The lowest BCUT2D eigenvalue weighted by Crippen LogP contribution is -2.24. The van der Waals surface area contributed by atoms with E-state index in [-0.39, 0.29) is 31.1 Å². The van der Waals surface area contributed by atoms with Crippen LogP contribution in [0.25, 0.3) is 0 Å². The molecule has 10 heteroatoms. The smallest absolute Gasteiger partial charge is 0.224 e.